The monoisotopic (exact) mass is 330 g/mol. The van der Waals surface area contributed by atoms with Crippen molar-refractivity contribution in [2.45, 2.75) is 12.8 Å². The average molecular weight is 330 g/mol. The minimum absolute atomic E-state index is 0. The summed E-state index contributed by atoms with van der Waals surface area (Å²) >= 11 is 0.700. The predicted octanol–water partition coefficient (Wildman–Crippen LogP) is 2.36. The third-order valence-corrected chi connectivity index (χ3v) is 0.827. The summed E-state index contributed by atoms with van der Waals surface area (Å²) in [5.41, 5.74) is 0. The van der Waals surface area contributed by atoms with Gasteiger partial charge >= 0.3 is 23.2 Å². The molecule has 1 fully saturated rings. The molecular formula is C4H12Cl4MoO2. The van der Waals surface area contributed by atoms with E-state index in [0.717, 1.165) is 13.2 Å². The number of halogens is 4. The van der Waals surface area contributed by atoms with Crippen LogP contribution in [-0.4, -0.2) is 13.2 Å². The molecule has 0 atom stereocenters. The molecule has 74 valence electrons. The first-order chi connectivity index (χ1) is 3.50. The van der Waals surface area contributed by atoms with E-state index in [1.807, 2.05) is 0 Å². The van der Waals surface area contributed by atoms with Gasteiger partial charge in [0.1, 0.15) is 0 Å². The zero-order valence-corrected chi connectivity index (χ0v) is 11.0. The first-order valence-corrected chi connectivity index (χ1v) is 3.06. The van der Waals surface area contributed by atoms with Gasteiger partial charge in [0.15, 0.2) is 0 Å². The van der Waals surface area contributed by atoms with Crippen LogP contribution in [0.1, 0.15) is 12.8 Å². The summed E-state index contributed by atoms with van der Waals surface area (Å²) in [5, 5.41) is 0. The maximum absolute atomic E-state index is 8.26. The van der Waals surface area contributed by atoms with E-state index >= 15 is 0 Å². The van der Waals surface area contributed by atoms with E-state index in [4.69, 9.17) is 8.13 Å². The van der Waals surface area contributed by atoms with Crippen molar-refractivity contribution >= 4 is 49.6 Å². The summed E-state index contributed by atoms with van der Waals surface area (Å²) < 4.78 is 13.2. The van der Waals surface area contributed by atoms with Crippen LogP contribution in [0, 0.1) is 0 Å². The molecular weight excluding hydrogens is 318 g/mol. The number of rotatable bonds is 0. The molecule has 0 aromatic rings. The molecule has 7 heteroatoms. The molecule has 2 nitrogen and oxygen atoms in total. The Morgan fingerprint density at radius 2 is 1.09 bits per heavy atom. The van der Waals surface area contributed by atoms with Gasteiger partial charge in [0, 0.05) is 13.2 Å². The van der Waals surface area contributed by atoms with E-state index in [1.165, 1.54) is 12.8 Å². The minimum atomic E-state index is 0. The van der Waals surface area contributed by atoms with Crippen LogP contribution >= 0.6 is 49.6 Å². The fourth-order valence-corrected chi connectivity index (χ4v) is 0.510. The third kappa shape index (κ3) is 24.5. The Labute approximate surface area is 103 Å². The van der Waals surface area contributed by atoms with Crippen LogP contribution in [0.4, 0.5) is 0 Å². The first kappa shape index (κ1) is 29.4. The molecule has 0 aromatic carbocycles. The molecule has 1 heterocycles. The summed E-state index contributed by atoms with van der Waals surface area (Å²) in [5.74, 6) is 0. The van der Waals surface area contributed by atoms with Gasteiger partial charge in [0.05, 0.1) is 0 Å². The molecule has 11 heavy (non-hydrogen) atoms. The molecule has 0 unspecified atom stereocenters. The van der Waals surface area contributed by atoms with Crippen LogP contribution in [0.25, 0.3) is 0 Å². The molecule has 0 saturated carbocycles. The van der Waals surface area contributed by atoms with Crippen LogP contribution in [0.5, 0.6) is 0 Å². The Morgan fingerprint density at radius 1 is 0.818 bits per heavy atom. The topological polar surface area (TPSA) is 26.3 Å². The zero-order valence-electron chi connectivity index (χ0n) is 5.69. The summed E-state index contributed by atoms with van der Waals surface area (Å²) in [6.07, 6.45) is 2.56. The third-order valence-electron chi connectivity index (χ3n) is 0.827. The van der Waals surface area contributed by atoms with E-state index in [2.05, 4.69) is 0 Å². The van der Waals surface area contributed by atoms with Crippen LogP contribution in [-0.2, 0) is 27.9 Å². The van der Waals surface area contributed by atoms with Gasteiger partial charge in [-0.2, -0.15) is 0 Å². The van der Waals surface area contributed by atoms with Crippen LogP contribution in [0.2, 0.25) is 0 Å². The van der Waals surface area contributed by atoms with Crippen molar-refractivity contribution in [3.05, 3.63) is 0 Å². The van der Waals surface area contributed by atoms with Crippen molar-refractivity contribution in [1.29, 1.82) is 0 Å². The molecule has 0 aromatic heterocycles. The summed E-state index contributed by atoms with van der Waals surface area (Å²) in [4.78, 5) is 0. The number of hydrogen-bond acceptors (Lipinski definition) is 2. The van der Waals surface area contributed by atoms with E-state index < -0.39 is 0 Å². The molecule has 0 spiro atoms. The van der Waals surface area contributed by atoms with Gasteiger partial charge in [-0.1, -0.05) is 0 Å². The second-order valence-electron chi connectivity index (χ2n) is 1.32. The second-order valence-corrected chi connectivity index (χ2v) is 1.32. The van der Waals surface area contributed by atoms with E-state index in [-0.39, 0.29) is 49.6 Å². The summed E-state index contributed by atoms with van der Waals surface area (Å²) in [6.45, 7) is 2.00. The Bertz CT molecular complexity index is 39.5. The number of ether oxygens (including phenoxy) is 1. The van der Waals surface area contributed by atoms with Crippen LogP contribution in [0.3, 0.4) is 0 Å². The molecule has 0 bridgehead atoms. The van der Waals surface area contributed by atoms with Gasteiger partial charge in [-0.3, -0.25) is 0 Å². The van der Waals surface area contributed by atoms with E-state index in [9.17, 15) is 0 Å². The van der Waals surface area contributed by atoms with E-state index in [0.29, 0.717) is 19.8 Å². The van der Waals surface area contributed by atoms with Crippen molar-refractivity contribution in [1.82, 2.24) is 0 Å². The molecule has 1 aliphatic heterocycles. The maximum atomic E-state index is 8.26. The van der Waals surface area contributed by atoms with Crippen molar-refractivity contribution in [2.24, 2.45) is 0 Å². The SMILES string of the molecule is C1CCOC1.Cl.Cl.Cl.Cl.[O]=[Mo]. The van der Waals surface area contributed by atoms with Gasteiger partial charge in [0.2, 0.25) is 0 Å². The molecule has 0 aliphatic carbocycles. The Morgan fingerprint density at radius 3 is 1.18 bits per heavy atom. The average Bonchev–Trinajstić information content (AvgIpc) is 2.23. The normalized spacial score (nSPS) is 11.3. The van der Waals surface area contributed by atoms with Crippen molar-refractivity contribution in [3.8, 4) is 0 Å². The van der Waals surface area contributed by atoms with Crippen molar-refractivity contribution in [3.63, 3.8) is 0 Å². The van der Waals surface area contributed by atoms with Gasteiger partial charge in [-0.15, -0.1) is 49.6 Å². The van der Waals surface area contributed by atoms with Gasteiger partial charge in [0.25, 0.3) is 0 Å². The van der Waals surface area contributed by atoms with Gasteiger partial charge in [-0.05, 0) is 12.8 Å². The quantitative estimate of drug-likeness (QED) is 0.638. The standard InChI is InChI=1S/C4H8O.4ClH.Mo.O/c1-2-4-5-3-1;;;;;;/h1-4H2;4*1H;;. The van der Waals surface area contributed by atoms with Crippen molar-refractivity contribution < 1.29 is 27.9 Å². The molecule has 0 radical (unpaired) electrons. The number of hydrogen-bond donors (Lipinski definition) is 0. The summed E-state index contributed by atoms with van der Waals surface area (Å²) in [7, 11) is 0. The molecule has 1 saturated heterocycles. The van der Waals surface area contributed by atoms with Crippen molar-refractivity contribution in [2.75, 3.05) is 13.2 Å². The van der Waals surface area contributed by atoms with Crippen LogP contribution in [0.15, 0.2) is 0 Å². The van der Waals surface area contributed by atoms with Crippen LogP contribution < -0.4 is 0 Å². The molecule has 1 aliphatic rings. The summed E-state index contributed by atoms with van der Waals surface area (Å²) in [6, 6.07) is 0. The molecule has 0 amide bonds. The van der Waals surface area contributed by atoms with Gasteiger partial charge < -0.3 is 4.74 Å². The molecule has 0 N–H and O–H groups in total. The van der Waals surface area contributed by atoms with E-state index in [1.54, 1.807) is 0 Å². The first-order valence-electron chi connectivity index (χ1n) is 2.24. The molecule has 1 rings (SSSR count). The Hall–Kier alpha value is 1.61. The predicted molar refractivity (Wildman–Crippen MR) is 49.7 cm³/mol. The fraction of sp³-hybridized carbons (Fsp3) is 1.00. The zero-order chi connectivity index (χ0) is 5.54. The fourth-order valence-electron chi connectivity index (χ4n) is 0.510. The Balaban J connectivity index is -0.0000000189. The van der Waals surface area contributed by atoms with Gasteiger partial charge in [-0.25, -0.2) is 0 Å². The second kappa shape index (κ2) is 29.9. The Kier molecular flexibility index (Phi) is 79.8.